The van der Waals surface area contributed by atoms with Gasteiger partial charge in [-0.3, -0.25) is 0 Å². The third-order valence-electron chi connectivity index (χ3n) is 2.90. The summed E-state index contributed by atoms with van der Waals surface area (Å²) in [6, 6.07) is 11.4. The first kappa shape index (κ1) is 13.0. The highest BCUT2D eigenvalue weighted by molar-refractivity contribution is 5.51. The number of hydrogen-bond donors (Lipinski definition) is 2. The Morgan fingerprint density at radius 3 is 2.86 bits per heavy atom. The van der Waals surface area contributed by atoms with Gasteiger partial charge in [0.15, 0.2) is 0 Å². The molecule has 2 aromatic carbocycles. The zero-order valence-electron chi connectivity index (χ0n) is 10.9. The van der Waals surface area contributed by atoms with Gasteiger partial charge in [0.05, 0.1) is 5.69 Å². The third-order valence-corrected chi connectivity index (χ3v) is 2.90. The highest BCUT2D eigenvalue weighted by Crippen LogP contribution is 2.17. The van der Waals surface area contributed by atoms with Crippen molar-refractivity contribution in [2.45, 2.75) is 6.54 Å². The molecule has 0 aliphatic heterocycles. The molecule has 0 atom stereocenters. The van der Waals surface area contributed by atoms with Gasteiger partial charge < -0.3 is 10.4 Å². The molecule has 1 heterocycles. The van der Waals surface area contributed by atoms with Crippen LogP contribution in [0.2, 0.25) is 0 Å². The van der Waals surface area contributed by atoms with Crippen molar-refractivity contribution in [3.63, 3.8) is 0 Å². The fourth-order valence-corrected chi connectivity index (χ4v) is 1.98. The summed E-state index contributed by atoms with van der Waals surface area (Å²) >= 11 is 0. The lowest BCUT2D eigenvalue weighted by atomic mass is 10.2. The van der Waals surface area contributed by atoms with Crippen LogP contribution in [0, 0.1) is 5.82 Å². The second-order valence-corrected chi connectivity index (χ2v) is 4.48. The van der Waals surface area contributed by atoms with Crippen LogP contribution in [0.15, 0.2) is 48.8 Å². The zero-order valence-corrected chi connectivity index (χ0v) is 10.9. The highest BCUT2D eigenvalue weighted by Gasteiger charge is 2.02. The molecule has 0 bridgehead atoms. The van der Waals surface area contributed by atoms with Gasteiger partial charge in [0.2, 0.25) is 0 Å². The van der Waals surface area contributed by atoms with E-state index in [-0.39, 0.29) is 5.75 Å². The molecule has 0 spiro atoms. The second-order valence-electron chi connectivity index (χ2n) is 4.48. The lowest BCUT2D eigenvalue weighted by Crippen LogP contribution is -2.01. The maximum atomic E-state index is 13.2. The van der Waals surface area contributed by atoms with Crippen LogP contribution >= 0.6 is 0 Å². The summed E-state index contributed by atoms with van der Waals surface area (Å²) in [6.45, 7) is 0.393. The van der Waals surface area contributed by atoms with Crippen molar-refractivity contribution in [2.75, 3.05) is 5.32 Å². The standard InChI is InChI=1S/C14H12FN5O/c15-11-4-10(5-14(21)6-11)8-16-12-2-1-3-13(7-12)20-9-17-18-19-20/h1-7,9,16,21H,8H2. The number of phenolic OH excluding ortho intramolecular Hbond substituents is 1. The first-order valence-corrected chi connectivity index (χ1v) is 6.26. The Hall–Kier alpha value is -2.96. The number of anilines is 1. The number of tetrazole rings is 1. The predicted molar refractivity (Wildman–Crippen MR) is 74.5 cm³/mol. The summed E-state index contributed by atoms with van der Waals surface area (Å²) in [5.74, 6) is -0.552. The van der Waals surface area contributed by atoms with E-state index in [2.05, 4.69) is 20.8 Å². The second kappa shape index (κ2) is 5.58. The van der Waals surface area contributed by atoms with Crippen molar-refractivity contribution >= 4 is 5.69 Å². The summed E-state index contributed by atoms with van der Waals surface area (Å²) in [4.78, 5) is 0. The van der Waals surface area contributed by atoms with E-state index in [0.717, 1.165) is 17.4 Å². The number of aromatic nitrogens is 4. The number of nitrogens with one attached hydrogen (secondary N) is 1. The van der Waals surface area contributed by atoms with Gasteiger partial charge in [-0.1, -0.05) is 6.07 Å². The normalized spacial score (nSPS) is 10.5. The molecule has 106 valence electrons. The van der Waals surface area contributed by atoms with Crippen LogP contribution in [0.3, 0.4) is 0 Å². The molecule has 0 saturated heterocycles. The summed E-state index contributed by atoms with van der Waals surface area (Å²) < 4.78 is 14.7. The highest BCUT2D eigenvalue weighted by atomic mass is 19.1. The Balaban J connectivity index is 1.75. The number of phenols is 1. The molecule has 2 N–H and O–H groups in total. The smallest absolute Gasteiger partial charge is 0.143 e. The topological polar surface area (TPSA) is 75.9 Å². The minimum absolute atomic E-state index is 0.0887. The number of nitrogens with zero attached hydrogens (tertiary/aromatic N) is 4. The summed E-state index contributed by atoms with van der Waals surface area (Å²) in [5.41, 5.74) is 2.30. The van der Waals surface area contributed by atoms with E-state index < -0.39 is 5.82 Å². The molecule has 0 fully saturated rings. The fourth-order valence-electron chi connectivity index (χ4n) is 1.98. The number of rotatable bonds is 4. The first-order chi connectivity index (χ1) is 10.2. The molecule has 0 amide bonds. The van der Waals surface area contributed by atoms with E-state index >= 15 is 0 Å². The van der Waals surface area contributed by atoms with Gasteiger partial charge in [-0.2, -0.15) is 0 Å². The molecule has 0 unspecified atom stereocenters. The van der Waals surface area contributed by atoms with Crippen molar-refractivity contribution in [3.8, 4) is 11.4 Å². The Morgan fingerprint density at radius 1 is 1.19 bits per heavy atom. The fraction of sp³-hybridized carbons (Fsp3) is 0.0714. The molecular formula is C14H12FN5O. The van der Waals surface area contributed by atoms with E-state index in [1.165, 1.54) is 18.5 Å². The molecule has 1 aromatic heterocycles. The Morgan fingerprint density at radius 2 is 2.10 bits per heavy atom. The first-order valence-electron chi connectivity index (χ1n) is 6.26. The van der Waals surface area contributed by atoms with Crippen LogP contribution < -0.4 is 5.32 Å². The van der Waals surface area contributed by atoms with Gasteiger partial charge in [0.25, 0.3) is 0 Å². The zero-order chi connectivity index (χ0) is 14.7. The average Bonchev–Trinajstić information content (AvgIpc) is 2.99. The summed E-state index contributed by atoms with van der Waals surface area (Å²) in [7, 11) is 0. The van der Waals surface area contributed by atoms with Gasteiger partial charge in [-0.25, -0.2) is 9.07 Å². The van der Waals surface area contributed by atoms with Crippen molar-refractivity contribution in [1.29, 1.82) is 0 Å². The van der Waals surface area contributed by atoms with E-state index in [9.17, 15) is 9.50 Å². The molecule has 7 heteroatoms. The number of hydrogen-bond acceptors (Lipinski definition) is 5. The lowest BCUT2D eigenvalue weighted by Gasteiger charge is -2.08. The molecule has 0 aliphatic carbocycles. The molecule has 21 heavy (non-hydrogen) atoms. The Bertz CT molecular complexity index is 725. The van der Waals surface area contributed by atoms with Crippen molar-refractivity contribution in [3.05, 3.63) is 60.2 Å². The van der Waals surface area contributed by atoms with Crippen molar-refractivity contribution < 1.29 is 9.50 Å². The van der Waals surface area contributed by atoms with E-state index in [0.29, 0.717) is 12.1 Å². The average molecular weight is 285 g/mol. The minimum atomic E-state index is -0.464. The van der Waals surface area contributed by atoms with Crippen LogP contribution in [0.1, 0.15) is 5.56 Å². The van der Waals surface area contributed by atoms with Crippen LogP contribution in [0.4, 0.5) is 10.1 Å². The Kier molecular flexibility index (Phi) is 3.46. The molecule has 6 nitrogen and oxygen atoms in total. The quantitative estimate of drug-likeness (QED) is 0.768. The van der Waals surface area contributed by atoms with E-state index in [4.69, 9.17) is 0 Å². The molecule has 0 saturated carbocycles. The number of benzene rings is 2. The predicted octanol–water partition coefficient (Wildman–Crippen LogP) is 2.12. The van der Waals surface area contributed by atoms with Crippen LogP contribution in [-0.2, 0) is 6.54 Å². The maximum Gasteiger partial charge on any atom is 0.143 e. The molecule has 3 aromatic rings. The Labute approximate surface area is 119 Å². The molecule has 0 radical (unpaired) electrons. The van der Waals surface area contributed by atoms with Crippen LogP contribution in [0.5, 0.6) is 5.75 Å². The van der Waals surface area contributed by atoms with Gasteiger partial charge in [0.1, 0.15) is 17.9 Å². The van der Waals surface area contributed by atoms with Gasteiger partial charge in [-0.15, -0.1) is 5.10 Å². The minimum Gasteiger partial charge on any atom is -0.508 e. The summed E-state index contributed by atoms with van der Waals surface area (Å²) in [6.07, 6.45) is 1.50. The third kappa shape index (κ3) is 3.14. The van der Waals surface area contributed by atoms with Crippen LogP contribution in [0.25, 0.3) is 5.69 Å². The maximum absolute atomic E-state index is 13.2. The molecular weight excluding hydrogens is 273 g/mol. The molecule has 0 aliphatic rings. The van der Waals surface area contributed by atoms with Gasteiger partial charge in [-0.05, 0) is 46.3 Å². The summed E-state index contributed by atoms with van der Waals surface area (Å²) in [5, 5.41) is 23.5. The molecule has 3 rings (SSSR count). The van der Waals surface area contributed by atoms with Gasteiger partial charge >= 0.3 is 0 Å². The van der Waals surface area contributed by atoms with Crippen molar-refractivity contribution in [1.82, 2.24) is 20.2 Å². The SMILES string of the molecule is Oc1cc(F)cc(CNc2cccc(-n3cnnn3)c2)c1. The van der Waals surface area contributed by atoms with Gasteiger partial charge in [0, 0.05) is 18.3 Å². The number of halogens is 1. The van der Waals surface area contributed by atoms with E-state index in [1.807, 2.05) is 24.3 Å². The number of aromatic hydroxyl groups is 1. The van der Waals surface area contributed by atoms with Crippen molar-refractivity contribution in [2.24, 2.45) is 0 Å². The largest absolute Gasteiger partial charge is 0.508 e. The van der Waals surface area contributed by atoms with Crippen LogP contribution in [-0.4, -0.2) is 25.3 Å². The lowest BCUT2D eigenvalue weighted by molar-refractivity contribution is 0.468. The van der Waals surface area contributed by atoms with E-state index in [1.54, 1.807) is 4.68 Å². The monoisotopic (exact) mass is 285 g/mol.